The molecule has 0 bridgehead atoms. The Morgan fingerprint density at radius 3 is 1.56 bits per heavy atom. The van der Waals surface area contributed by atoms with Gasteiger partial charge in [-0.3, -0.25) is 13.8 Å². The summed E-state index contributed by atoms with van der Waals surface area (Å²) in [6, 6.07) is -0.882. The van der Waals surface area contributed by atoms with Crippen LogP contribution >= 0.6 is 7.82 Å². The van der Waals surface area contributed by atoms with Gasteiger partial charge in [0.1, 0.15) is 0 Å². The van der Waals surface area contributed by atoms with Crippen molar-refractivity contribution in [3.8, 4) is 0 Å². The van der Waals surface area contributed by atoms with Gasteiger partial charge in [0.05, 0.1) is 25.4 Å². The van der Waals surface area contributed by atoms with Crippen molar-refractivity contribution in [2.45, 2.75) is 199 Å². The summed E-state index contributed by atoms with van der Waals surface area (Å²) in [7, 11) is -4.35. The third kappa shape index (κ3) is 38.5. The third-order valence-electron chi connectivity index (χ3n) is 9.32. The molecule has 5 N–H and O–H groups in total. The molecule has 0 saturated carbocycles. The summed E-state index contributed by atoms with van der Waals surface area (Å²) < 4.78 is 22.1. The van der Waals surface area contributed by atoms with Gasteiger partial charge in [0, 0.05) is 13.0 Å². The molecule has 1 amide bonds. The molecule has 0 saturated heterocycles. The number of rotatable bonds is 40. The fourth-order valence-corrected chi connectivity index (χ4v) is 6.74. The number of nitrogens with one attached hydrogen (secondary N) is 1. The molecule has 8 nitrogen and oxygen atoms in total. The highest BCUT2D eigenvalue weighted by molar-refractivity contribution is 7.47. The summed E-state index contributed by atoms with van der Waals surface area (Å²) in [6.45, 7) is 4.07. The first kappa shape index (κ1) is 52.2. The van der Waals surface area contributed by atoms with E-state index >= 15 is 0 Å². The number of hydrogen-bond acceptors (Lipinski definition) is 6. The largest absolute Gasteiger partial charge is 0.472 e. The van der Waals surface area contributed by atoms with Crippen LogP contribution in [0.4, 0.5) is 0 Å². The van der Waals surface area contributed by atoms with Gasteiger partial charge >= 0.3 is 7.82 Å². The van der Waals surface area contributed by atoms with Crippen LogP contribution in [0.1, 0.15) is 187 Å². The lowest BCUT2D eigenvalue weighted by Gasteiger charge is -2.23. The van der Waals surface area contributed by atoms with Gasteiger partial charge in [-0.25, -0.2) is 4.57 Å². The monoisotopic (exact) mass is 779 g/mol. The van der Waals surface area contributed by atoms with Crippen molar-refractivity contribution in [2.75, 3.05) is 19.8 Å². The molecular formula is C45H83N2O6P. The number of carbonyl (C=O) groups excluding carboxylic acids is 1. The lowest BCUT2D eigenvalue weighted by atomic mass is 10.1. The molecule has 0 aromatic heterocycles. The van der Waals surface area contributed by atoms with E-state index in [0.717, 1.165) is 57.8 Å². The first-order valence-electron chi connectivity index (χ1n) is 21.9. The number of allylic oxidation sites excluding steroid dienone is 9. The Hall–Kier alpha value is -1.80. The molecule has 0 rings (SSSR count). The number of aliphatic hydroxyl groups is 1. The van der Waals surface area contributed by atoms with Gasteiger partial charge in [0.25, 0.3) is 0 Å². The number of aliphatic hydroxyl groups excluding tert-OH is 1. The maximum absolute atomic E-state index is 12.7. The summed E-state index contributed by atoms with van der Waals surface area (Å²) in [5.74, 6) is -0.215. The van der Waals surface area contributed by atoms with Crippen molar-refractivity contribution in [3.05, 3.63) is 60.8 Å². The zero-order valence-corrected chi connectivity index (χ0v) is 35.6. The van der Waals surface area contributed by atoms with Crippen LogP contribution in [0.15, 0.2) is 60.8 Å². The van der Waals surface area contributed by atoms with Crippen LogP contribution in [0, 0.1) is 0 Å². The normalized spacial score (nSPS) is 14.7. The summed E-state index contributed by atoms with van der Waals surface area (Å²) in [5, 5.41) is 13.6. The summed E-state index contributed by atoms with van der Waals surface area (Å²) in [4.78, 5) is 22.7. The molecule has 3 atom stereocenters. The van der Waals surface area contributed by atoms with Gasteiger partial charge < -0.3 is 21.1 Å². The minimum atomic E-state index is -4.35. The first-order valence-corrected chi connectivity index (χ1v) is 23.4. The average Bonchev–Trinajstić information content (AvgIpc) is 3.16. The van der Waals surface area contributed by atoms with Crippen molar-refractivity contribution >= 4 is 13.7 Å². The maximum Gasteiger partial charge on any atom is 0.472 e. The Kier molecular flexibility index (Phi) is 39.5. The van der Waals surface area contributed by atoms with Crippen molar-refractivity contribution < 1.29 is 28.4 Å². The quantitative estimate of drug-likeness (QED) is 0.0277. The molecular weight excluding hydrogens is 695 g/mol. The number of carbonyl (C=O) groups is 1. The molecule has 0 aromatic rings. The van der Waals surface area contributed by atoms with Gasteiger partial charge in [-0.05, 0) is 70.6 Å². The van der Waals surface area contributed by atoms with Gasteiger partial charge in [-0.15, -0.1) is 0 Å². The minimum absolute atomic E-state index is 0.0702. The first-order chi connectivity index (χ1) is 26.4. The van der Waals surface area contributed by atoms with E-state index in [1.165, 1.54) is 109 Å². The predicted molar refractivity (Wildman–Crippen MR) is 230 cm³/mol. The van der Waals surface area contributed by atoms with E-state index < -0.39 is 20.0 Å². The number of phosphoric ester groups is 1. The lowest BCUT2D eigenvalue weighted by Crippen LogP contribution is -2.45. The molecule has 314 valence electrons. The topological polar surface area (TPSA) is 131 Å². The molecule has 3 unspecified atom stereocenters. The average molecular weight is 779 g/mol. The Morgan fingerprint density at radius 2 is 1.04 bits per heavy atom. The van der Waals surface area contributed by atoms with Gasteiger partial charge in [0.2, 0.25) is 5.91 Å². The van der Waals surface area contributed by atoms with Crippen molar-refractivity contribution in [3.63, 3.8) is 0 Å². The van der Waals surface area contributed by atoms with Crippen LogP contribution in [0.3, 0.4) is 0 Å². The number of amides is 1. The molecule has 0 aliphatic rings. The Bertz CT molecular complexity index is 1030. The second kappa shape index (κ2) is 40.9. The van der Waals surface area contributed by atoms with E-state index in [9.17, 15) is 19.4 Å². The van der Waals surface area contributed by atoms with Gasteiger partial charge in [-0.1, -0.05) is 171 Å². The minimum Gasteiger partial charge on any atom is -0.387 e. The molecule has 0 radical (unpaired) electrons. The summed E-state index contributed by atoms with van der Waals surface area (Å²) >= 11 is 0. The molecule has 0 heterocycles. The highest BCUT2D eigenvalue weighted by atomic mass is 31.2. The van der Waals surface area contributed by atoms with E-state index in [0.29, 0.717) is 6.42 Å². The van der Waals surface area contributed by atoms with Gasteiger partial charge in [0.15, 0.2) is 0 Å². The van der Waals surface area contributed by atoms with E-state index in [1.54, 1.807) is 6.08 Å². The summed E-state index contributed by atoms with van der Waals surface area (Å²) in [6.07, 6.45) is 51.3. The molecule has 0 aliphatic carbocycles. The highest BCUT2D eigenvalue weighted by Crippen LogP contribution is 2.43. The van der Waals surface area contributed by atoms with Crippen LogP contribution in [0.2, 0.25) is 0 Å². The van der Waals surface area contributed by atoms with Crippen LogP contribution in [0.5, 0.6) is 0 Å². The third-order valence-corrected chi connectivity index (χ3v) is 10.3. The number of unbranched alkanes of at least 4 members (excludes halogenated alkanes) is 20. The number of phosphoric acid groups is 1. The molecule has 0 spiro atoms. The zero-order valence-electron chi connectivity index (χ0n) is 34.7. The zero-order chi connectivity index (χ0) is 39.6. The van der Waals surface area contributed by atoms with Gasteiger partial charge in [-0.2, -0.15) is 0 Å². The lowest BCUT2D eigenvalue weighted by molar-refractivity contribution is -0.123. The van der Waals surface area contributed by atoms with Crippen LogP contribution in [-0.4, -0.2) is 47.8 Å². The Morgan fingerprint density at radius 1 is 0.611 bits per heavy atom. The SMILES string of the molecule is CCCCCCC/C=C\C/C=C\C/C=C\CCCCCCCCCCC(=O)NC(COP(=O)(O)OCCN)C(O)/C=C/CC/C=C/CCCCCCCC. The van der Waals surface area contributed by atoms with E-state index in [-0.39, 0.29) is 25.7 Å². The van der Waals surface area contributed by atoms with Crippen LogP contribution < -0.4 is 11.1 Å². The number of hydrogen-bond donors (Lipinski definition) is 4. The Balaban J connectivity index is 4.19. The molecule has 0 aromatic carbocycles. The molecule has 0 fully saturated rings. The highest BCUT2D eigenvalue weighted by Gasteiger charge is 2.26. The molecule has 0 aliphatic heterocycles. The van der Waals surface area contributed by atoms with E-state index in [1.807, 2.05) is 6.08 Å². The summed E-state index contributed by atoms with van der Waals surface area (Å²) in [5.41, 5.74) is 5.36. The second-order valence-electron chi connectivity index (χ2n) is 14.5. The fourth-order valence-electron chi connectivity index (χ4n) is 5.98. The van der Waals surface area contributed by atoms with E-state index in [2.05, 4.69) is 67.8 Å². The van der Waals surface area contributed by atoms with Crippen molar-refractivity contribution in [1.29, 1.82) is 0 Å². The fraction of sp³-hybridized carbons (Fsp3) is 0.756. The second-order valence-corrected chi connectivity index (χ2v) is 16.0. The van der Waals surface area contributed by atoms with Crippen molar-refractivity contribution in [2.24, 2.45) is 5.73 Å². The van der Waals surface area contributed by atoms with Crippen molar-refractivity contribution in [1.82, 2.24) is 5.32 Å². The van der Waals surface area contributed by atoms with Crippen LogP contribution in [0.25, 0.3) is 0 Å². The van der Waals surface area contributed by atoms with E-state index in [4.69, 9.17) is 14.8 Å². The maximum atomic E-state index is 12.7. The molecule has 9 heteroatoms. The standard InChI is InChI=1S/C45H83N2O6P/c1-3-5-7-9-11-13-15-17-18-19-20-21-22-23-24-25-26-27-29-31-33-35-37-39-45(49)47-43(42-53-54(50,51)52-41-40-46)44(48)38-36-34-32-30-28-16-14-12-10-8-6-4-2/h15,17,19-20,22-23,28,30,36,38,43-44,48H,3-14,16,18,21,24-27,29,31-35,37,39-42,46H2,1-2H3,(H,47,49)(H,50,51)/b17-15-,20-19-,23-22-,30-28+,38-36+. The van der Waals surface area contributed by atoms with Crippen LogP contribution in [-0.2, 0) is 18.4 Å². The predicted octanol–water partition coefficient (Wildman–Crippen LogP) is 12.3. The number of nitrogens with two attached hydrogens (primary N) is 1. The smallest absolute Gasteiger partial charge is 0.387 e. The molecule has 54 heavy (non-hydrogen) atoms. The Labute approximate surface area is 332 Å².